The summed E-state index contributed by atoms with van der Waals surface area (Å²) < 4.78 is 0. The van der Waals surface area contributed by atoms with E-state index in [1.807, 2.05) is 0 Å². The van der Waals surface area contributed by atoms with E-state index in [-0.39, 0.29) is 0 Å². The Morgan fingerprint density at radius 3 is 2.38 bits per heavy atom. The SMILES string of the molecule is C[C@H]1CCC[C@H](C)C1NCCCO. The second-order valence-corrected chi connectivity index (χ2v) is 4.44. The van der Waals surface area contributed by atoms with Crippen molar-refractivity contribution in [3.05, 3.63) is 0 Å². The predicted molar refractivity (Wildman–Crippen MR) is 55.7 cm³/mol. The van der Waals surface area contributed by atoms with Crippen molar-refractivity contribution in [2.75, 3.05) is 13.2 Å². The molecule has 2 atom stereocenters. The molecule has 0 aliphatic heterocycles. The molecule has 2 N–H and O–H groups in total. The number of aliphatic hydroxyl groups excluding tert-OH is 1. The van der Waals surface area contributed by atoms with Crippen molar-refractivity contribution in [3.8, 4) is 0 Å². The molecule has 0 aromatic carbocycles. The van der Waals surface area contributed by atoms with Crippen LogP contribution < -0.4 is 5.32 Å². The van der Waals surface area contributed by atoms with Crippen molar-refractivity contribution in [2.45, 2.75) is 45.6 Å². The maximum absolute atomic E-state index is 8.69. The summed E-state index contributed by atoms with van der Waals surface area (Å²) in [7, 11) is 0. The van der Waals surface area contributed by atoms with Crippen molar-refractivity contribution >= 4 is 0 Å². The molecular formula is C11H23NO. The van der Waals surface area contributed by atoms with Gasteiger partial charge in [0.2, 0.25) is 0 Å². The zero-order chi connectivity index (χ0) is 9.68. The van der Waals surface area contributed by atoms with E-state index in [4.69, 9.17) is 5.11 Å². The van der Waals surface area contributed by atoms with Crippen LogP contribution in [0.5, 0.6) is 0 Å². The van der Waals surface area contributed by atoms with Gasteiger partial charge >= 0.3 is 0 Å². The van der Waals surface area contributed by atoms with Gasteiger partial charge in [-0.1, -0.05) is 20.3 Å². The van der Waals surface area contributed by atoms with Gasteiger partial charge in [0.1, 0.15) is 0 Å². The molecular weight excluding hydrogens is 162 g/mol. The van der Waals surface area contributed by atoms with Crippen LogP contribution in [0.25, 0.3) is 0 Å². The van der Waals surface area contributed by atoms with Crippen LogP contribution in [-0.4, -0.2) is 24.3 Å². The number of aliphatic hydroxyl groups is 1. The second kappa shape index (κ2) is 5.61. The molecule has 0 aromatic rings. The third-order valence-corrected chi connectivity index (χ3v) is 3.26. The third-order valence-electron chi connectivity index (χ3n) is 3.26. The summed E-state index contributed by atoms with van der Waals surface area (Å²) in [4.78, 5) is 0. The molecule has 0 unspecified atom stereocenters. The molecule has 1 saturated carbocycles. The Bertz CT molecular complexity index is 128. The Hall–Kier alpha value is -0.0800. The van der Waals surface area contributed by atoms with Crippen molar-refractivity contribution in [2.24, 2.45) is 11.8 Å². The minimum atomic E-state index is 0.308. The summed E-state index contributed by atoms with van der Waals surface area (Å²) in [5, 5.41) is 12.2. The van der Waals surface area contributed by atoms with Crippen LogP contribution in [0.1, 0.15) is 39.5 Å². The highest BCUT2D eigenvalue weighted by atomic mass is 16.3. The molecule has 13 heavy (non-hydrogen) atoms. The van der Waals surface area contributed by atoms with Gasteiger partial charge in [0.25, 0.3) is 0 Å². The molecule has 2 nitrogen and oxygen atoms in total. The Morgan fingerprint density at radius 1 is 1.23 bits per heavy atom. The first-order valence-corrected chi connectivity index (χ1v) is 5.60. The zero-order valence-corrected chi connectivity index (χ0v) is 8.92. The lowest BCUT2D eigenvalue weighted by atomic mass is 9.79. The van der Waals surface area contributed by atoms with Gasteiger partial charge in [-0.3, -0.25) is 0 Å². The Balaban J connectivity index is 2.26. The molecule has 0 radical (unpaired) electrons. The Labute approximate surface area is 81.7 Å². The van der Waals surface area contributed by atoms with Crippen LogP contribution in [0, 0.1) is 11.8 Å². The summed E-state index contributed by atoms with van der Waals surface area (Å²) in [6.07, 6.45) is 5.00. The highest BCUT2D eigenvalue weighted by Gasteiger charge is 2.26. The molecule has 0 heterocycles. The number of rotatable bonds is 4. The molecule has 1 aliphatic rings. The van der Waals surface area contributed by atoms with Gasteiger partial charge in [-0.15, -0.1) is 0 Å². The van der Waals surface area contributed by atoms with Crippen molar-refractivity contribution < 1.29 is 5.11 Å². The number of hydrogen-bond acceptors (Lipinski definition) is 2. The smallest absolute Gasteiger partial charge is 0.0443 e. The van der Waals surface area contributed by atoms with Gasteiger partial charge in [-0.05, 0) is 37.6 Å². The van der Waals surface area contributed by atoms with Gasteiger partial charge in [0.05, 0.1) is 0 Å². The van der Waals surface area contributed by atoms with E-state index in [0.29, 0.717) is 12.6 Å². The monoisotopic (exact) mass is 185 g/mol. The first-order valence-electron chi connectivity index (χ1n) is 5.60. The van der Waals surface area contributed by atoms with E-state index < -0.39 is 0 Å². The van der Waals surface area contributed by atoms with E-state index in [0.717, 1.165) is 24.8 Å². The fourth-order valence-corrected chi connectivity index (χ4v) is 2.43. The molecule has 0 amide bonds. The molecule has 1 fully saturated rings. The lowest BCUT2D eigenvalue weighted by molar-refractivity contribution is 0.202. The minimum Gasteiger partial charge on any atom is -0.396 e. The normalized spacial score (nSPS) is 30.7. The molecule has 78 valence electrons. The average molecular weight is 185 g/mol. The van der Waals surface area contributed by atoms with Gasteiger partial charge in [-0.25, -0.2) is 0 Å². The van der Waals surface area contributed by atoms with E-state index in [1.165, 1.54) is 19.3 Å². The average Bonchev–Trinajstić information content (AvgIpc) is 2.10. The lowest BCUT2D eigenvalue weighted by Crippen LogP contribution is -2.43. The number of hydrogen-bond donors (Lipinski definition) is 2. The predicted octanol–water partition coefficient (Wildman–Crippen LogP) is 1.78. The summed E-state index contributed by atoms with van der Waals surface area (Å²) in [5.74, 6) is 1.62. The fraction of sp³-hybridized carbons (Fsp3) is 1.00. The van der Waals surface area contributed by atoms with Crippen LogP contribution in [0.4, 0.5) is 0 Å². The molecule has 0 bridgehead atoms. The molecule has 0 saturated heterocycles. The van der Waals surface area contributed by atoms with E-state index in [1.54, 1.807) is 0 Å². The maximum Gasteiger partial charge on any atom is 0.0443 e. The zero-order valence-electron chi connectivity index (χ0n) is 8.92. The first kappa shape index (κ1) is 11.0. The van der Waals surface area contributed by atoms with Gasteiger partial charge in [-0.2, -0.15) is 0 Å². The third kappa shape index (κ3) is 3.28. The molecule has 0 spiro atoms. The lowest BCUT2D eigenvalue weighted by Gasteiger charge is -2.35. The van der Waals surface area contributed by atoms with E-state index in [2.05, 4.69) is 19.2 Å². The Morgan fingerprint density at radius 2 is 1.85 bits per heavy atom. The highest BCUT2D eigenvalue weighted by Crippen LogP contribution is 2.28. The van der Waals surface area contributed by atoms with Crippen molar-refractivity contribution in [1.29, 1.82) is 0 Å². The number of nitrogens with one attached hydrogen (secondary N) is 1. The van der Waals surface area contributed by atoms with Crippen molar-refractivity contribution in [3.63, 3.8) is 0 Å². The maximum atomic E-state index is 8.69. The molecule has 1 aliphatic carbocycles. The summed E-state index contributed by atoms with van der Waals surface area (Å²) in [6.45, 7) is 5.96. The topological polar surface area (TPSA) is 32.3 Å². The van der Waals surface area contributed by atoms with Crippen LogP contribution in [-0.2, 0) is 0 Å². The standard InChI is InChI=1S/C11H23NO/c1-9-5-3-6-10(2)11(9)12-7-4-8-13/h9-13H,3-8H2,1-2H3/t9-,10-/m0/s1. The van der Waals surface area contributed by atoms with Crippen LogP contribution in [0.2, 0.25) is 0 Å². The highest BCUT2D eigenvalue weighted by molar-refractivity contribution is 4.82. The quantitative estimate of drug-likeness (QED) is 0.654. The molecule has 1 rings (SSSR count). The van der Waals surface area contributed by atoms with Crippen molar-refractivity contribution in [1.82, 2.24) is 5.32 Å². The first-order chi connectivity index (χ1) is 6.25. The molecule has 2 heteroatoms. The van der Waals surface area contributed by atoms with Gasteiger partial charge in [0, 0.05) is 12.6 Å². The van der Waals surface area contributed by atoms with Crippen LogP contribution in [0.15, 0.2) is 0 Å². The summed E-state index contributed by atoms with van der Waals surface area (Å²) in [5.41, 5.74) is 0. The Kier molecular flexibility index (Phi) is 4.74. The van der Waals surface area contributed by atoms with E-state index >= 15 is 0 Å². The summed E-state index contributed by atoms with van der Waals surface area (Å²) >= 11 is 0. The van der Waals surface area contributed by atoms with E-state index in [9.17, 15) is 0 Å². The largest absolute Gasteiger partial charge is 0.396 e. The minimum absolute atomic E-state index is 0.308. The van der Waals surface area contributed by atoms with Gasteiger partial charge in [0.15, 0.2) is 0 Å². The van der Waals surface area contributed by atoms with Gasteiger partial charge < -0.3 is 10.4 Å². The fourth-order valence-electron chi connectivity index (χ4n) is 2.43. The second-order valence-electron chi connectivity index (χ2n) is 4.44. The van der Waals surface area contributed by atoms with Crippen LogP contribution in [0.3, 0.4) is 0 Å². The summed E-state index contributed by atoms with van der Waals surface area (Å²) in [6, 6.07) is 0.681. The van der Waals surface area contributed by atoms with Crippen LogP contribution >= 0.6 is 0 Å². The molecule has 0 aromatic heterocycles.